The first-order chi connectivity index (χ1) is 7.49. The minimum absolute atomic E-state index is 0.201. The van der Waals surface area contributed by atoms with Crippen LogP contribution in [0.1, 0.15) is 13.3 Å². The fraction of sp³-hybridized carbons (Fsp3) is 0.600. The van der Waals surface area contributed by atoms with Gasteiger partial charge in [0.2, 0.25) is 5.28 Å². The van der Waals surface area contributed by atoms with Crippen LogP contribution in [0.3, 0.4) is 0 Å². The van der Waals surface area contributed by atoms with Gasteiger partial charge in [0.25, 0.3) is 0 Å². The van der Waals surface area contributed by atoms with E-state index in [2.05, 4.69) is 27.1 Å². The first kappa shape index (κ1) is 13.5. The fourth-order valence-corrected chi connectivity index (χ4v) is 1.48. The van der Waals surface area contributed by atoms with Crippen molar-refractivity contribution in [1.29, 1.82) is 0 Å². The van der Waals surface area contributed by atoms with E-state index >= 15 is 0 Å². The molecule has 0 amide bonds. The second-order valence-corrected chi connectivity index (χ2v) is 4.72. The summed E-state index contributed by atoms with van der Waals surface area (Å²) in [5.41, 5.74) is 0. The van der Waals surface area contributed by atoms with Gasteiger partial charge in [-0.05, 0) is 45.6 Å². The van der Waals surface area contributed by atoms with Crippen molar-refractivity contribution in [3.8, 4) is 0 Å². The summed E-state index contributed by atoms with van der Waals surface area (Å²) in [4.78, 5) is 9.96. The summed E-state index contributed by atoms with van der Waals surface area (Å²) in [5.74, 6) is 0.591. The van der Waals surface area contributed by atoms with Crippen LogP contribution in [0.5, 0.6) is 0 Å². The molecule has 0 aliphatic carbocycles. The lowest BCUT2D eigenvalue weighted by atomic mass is 10.2. The first-order valence-electron chi connectivity index (χ1n) is 5.08. The zero-order valence-electron chi connectivity index (χ0n) is 9.67. The molecule has 0 saturated carbocycles. The van der Waals surface area contributed by atoms with Crippen LogP contribution >= 0.6 is 23.2 Å². The van der Waals surface area contributed by atoms with Crippen molar-refractivity contribution in [3.63, 3.8) is 0 Å². The molecule has 0 radical (unpaired) electrons. The number of anilines is 1. The summed E-state index contributed by atoms with van der Waals surface area (Å²) in [6, 6.07) is 0.283. The Labute approximate surface area is 106 Å². The fourth-order valence-electron chi connectivity index (χ4n) is 1.20. The van der Waals surface area contributed by atoms with Gasteiger partial charge in [0.1, 0.15) is 10.8 Å². The SMILES string of the molecule is CC(CCN(C)C)Nc1nc(Cl)ncc1Cl. The van der Waals surface area contributed by atoms with Crippen LogP contribution in [-0.2, 0) is 0 Å². The zero-order chi connectivity index (χ0) is 12.1. The standard InChI is InChI=1S/C10H16Cl2N4/c1-7(4-5-16(2)3)14-9-8(11)6-13-10(12)15-9/h6-7H,4-5H2,1-3H3,(H,13,14,15). The van der Waals surface area contributed by atoms with E-state index in [4.69, 9.17) is 23.2 Å². The lowest BCUT2D eigenvalue weighted by Gasteiger charge is -2.17. The molecule has 1 unspecified atom stereocenters. The van der Waals surface area contributed by atoms with E-state index in [1.165, 1.54) is 6.20 Å². The van der Waals surface area contributed by atoms with Crippen LogP contribution < -0.4 is 5.32 Å². The summed E-state index contributed by atoms with van der Waals surface area (Å²) in [5, 5.41) is 3.90. The van der Waals surface area contributed by atoms with Crippen LogP contribution in [0.4, 0.5) is 5.82 Å². The topological polar surface area (TPSA) is 41.0 Å². The van der Waals surface area contributed by atoms with E-state index < -0.39 is 0 Å². The molecule has 1 aromatic rings. The number of aromatic nitrogens is 2. The van der Waals surface area contributed by atoms with Gasteiger partial charge in [0.15, 0.2) is 0 Å². The van der Waals surface area contributed by atoms with Crippen molar-refractivity contribution in [2.45, 2.75) is 19.4 Å². The van der Waals surface area contributed by atoms with Crippen molar-refractivity contribution in [1.82, 2.24) is 14.9 Å². The third-order valence-corrected chi connectivity index (χ3v) is 2.57. The molecule has 1 heterocycles. The summed E-state index contributed by atoms with van der Waals surface area (Å²) < 4.78 is 0. The first-order valence-corrected chi connectivity index (χ1v) is 5.84. The average molecular weight is 263 g/mol. The van der Waals surface area contributed by atoms with E-state index in [1.54, 1.807) is 0 Å². The Balaban J connectivity index is 2.55. The van der Waals surface area contributed by atoms with Gasteiger partial charge in [-0.25, -0.2) is 4.98 Å². The Bertz CT molecular complexity index is 344. The molecular formula is C10H16Cl2N4. The molecule has 0 spiro atoms. The van der Waals surface area contributed by atoms with Gasteiger partial charge >= 0.3 is 0 Å². The number of hydrogen-bond acceptors (Lipinski definition) is 4. The molecule has 1 rings (SSSR count). The molecule has 6 heteroatoms. The quantitative estimate of drug-likeness (QED) is 0.829. The van der Waals surface area contributed by atoms with Crippen LogP contribution in [0.15, 0.2) is 6.20 Å². The molecule has 0 aliphatic rings. The molecule has 0 aromatic carbocycles. The van der Waals surface area contributed by atoms with Crippen molar-refractivity contribution in [2.75, 3.05) is 26.0 Å². The van der Waals surface area contributed by atoms with Crippen molar-refractivity contribution < 1.29 is 0 Å². The molecule has 0 saturated heterocycles. The van der Waals surface area contributed by atoms with Crippen LogP contribution in [-0.4, -0.2) is 41.5 Å². The van der Waals surface area contributed by atoms with Gasteiger partial charge < -0.3 is 10.2 Å². The van der Waals surface area contributed by atoms with Crippen LogP contribution in [0, 0.1) is 0 Å². The van der Waals surface area contributed by atoms with Crippen LogP contribution in [0.2, 0.25) is 10.3 Å². The maximum atomic E-state index is 5.95. The van der Waals surface area contributed by atoms with Crippen molar-refractivity contribution in [3.05, 3.63) is 16.5 Å². The third-order valence-electron chi connectivity index (χ3n) is 2.11. The molecule has 16 heavy (non-hydrogen) atoms. The largest absolute Gasteiger partial charge is 0.366 e. The minimum atomic E-state index is 0.201. The number of halogens is 2. The summed E-state index contributed by atoms with van der Waals surface area (Å²) in [6.45, 7) is 3.08. The van der Waals surface area contributed by atoms with E-state index in [0.717, 1.165) is 13.0 Å². The lowest BCUT2D eigenvalue weighted by molar-refractivity contribution is 0.390. The number of hydrogen-bond donors (Lipinski definition) is 1. The molecule has 1 aromatic heterocycles. The normalized spacial score (nSPS) is 12.9. The Morgan fingerprint density at radius 1 is 1.44 bits per heavy atom. The molecule has 0 aliphatic heterocycles. The number of nitrogens with one attached hydrogen (secondary N) is 1. The van der Waals surface area contributed by atoms with E-state index in [1.807, 2.05) is 14.1 Å². The summed E-state index contributed by atoms with van der Waals surface area (Å²) in [7, 11) is 4.09. The summed E-state index contributed by atoms with van der Waals surface area (Å²) >= 11 is 11.6. The highest BCUT2D eigenvalue weighted by molar-refractivity contribution is 6.33. The lowest BCUT2D eigenvalue weighted by Crippen LogP contribution is -2.23. The molecule has 0 bridgehead atoms. The van der Waals surface area contributed by atoms with E-state index in [-0.39, 0.29) is 11.3 Å². The Morgan fingerprint density at radius 2 is 2.12 bits per heavy atom. The smallest absolute Gasteiger partial charge is 0.224 e. The molecular weight excluding hydrogens is 247 g/mol. The van der Waals surface area contributed by atoms with Crippen LogP contribution in [0.25, 0.3) is 0 Å². The predicted molar refractivity (Wildman–Crippen MR) is 68.3 cm³/mol. The van der Waals surface area contributed by atoms with Crippen molar-refractivity contribution >= 4 is 29.0 Å². The molecule has 1 N–H and O–H groups in total. The van der Waals surface area contributed by atoms with Gasteiger partial charge in [0, 0.05) is 6.04 Å². The zero-order valence-corrected chi connectivity index (χ0v) is 11.2. The highest BCUT2D eigenvalue weighted by Crippen LogP contribution is 2.20. The second kappa shape index (κ2) is 6.23. The van der Waals surface area contributed by atoms with E-state index in [0.29, 0.717) is 10.8 Å². The van der Waals surface area contributed by atoms with Gasteiger partial charge in [-0.1, -0.05) is 11.6 Å². The Morgan fingerprint density at radius 3 is 2.75 bits per heavy atom. The minimum Gasteiger partial charge on any atom is -0.366 e. The molecule has 1 atom stereocenters. The monoisotopic (exact) mass is 262 g/mol. The average Bonchev–Trinajstić information content (AvgIpc) is 2.20. The highest BCUT2D eigenvalue weighted by Gasteiger charge is 2.08. The third kappa shape index (κ3) is 4.51. The maximum absolute atomic E-state index is 5.95. The van der Waals surface area contributed by atoms with E-state index in [9.17, 15) is 0 Å². The second-order valence-electron chi connectivity index (χ2n) is 3.97. The molecule has 0 fully saturated rings. The van der Waals surface area contributed by atoms with Crippen molar-refractivity contribution in [2.24, 2.45) is 0 Å². The number of nitrogens with zero attached hydrogens (tertiary/aromatic N) is 3. The number of rotatable bonds is 5. The molecule has 90 valence electrons. The predicted octanol–water partition coefficient (Wildman–Crippen LogP) is 2.54. The summed E-state index contributed by atoms with van der Waals surface area (Å²) in [6.07, 6.45) is 2.50. The Hall–Kier alpha value is -0.580. The highest BCUT2D eigenvalue weighted by atomic mass is 35.5. The Kier molecular flexibility index (Phi) is 5.25. The van der Waals surface area contributed by atoms with Gasteiger partial charge in [-0.3, -0.25) is 0 Å². The van der Waals surface area contributed by atoms with Gasteiger partial charge in [-0.2, -0.15) is 4.98 Å². The van der Waals surface area contributed by atoms with Gasteiger partial charge in [-0.15, -0.1) is 0 Å². The van der Waals surface area contributed by atoms with Gasteiger partial charge in [0.05, 0.1) is 6.20 Å². The maximum Gasteiger partial charge on any atom is 0.224 e. The molecule has 4 nitrogen and oxygen atoms in total.